The summed E-state index contributed by atoms with van der Waals surface area (Å²) in [5.74, 6) is 5.26. The highest BCUT2D eigenvalue weighted by molar-refractivity contribution is 5.94. The van der Waals surface area contributed by atoms with Crippen LogP contribution in [0.3, 0.4) is 0 Å². The van der Waals surface area contributed by atoms with Crippen LogP contribution in [-0.2, 0) is 4.74 Å². The molecule has 1 rings (SSSR count). The lowest BCUT2D eigenvalue weighted by atomic mass is 10.1. The third kappa shape index (κ3) is 5.56. The quantitative estimate of drug-likeness (QED) is 0.616. The zero-order valence-electron chi connectivity index (χ0n) is 11.3. The Bertz CT molecular complexity index is 486. The van der Waals surface area contributed by atoms with Gasteiger partial charge in [0, 0.05) is 31.4 Å². The highest BCUT2D eigenvalue weighted by atomic mass is 16.5. The van der Waals surface area contributed by atoms with E-state index in [-0.39, 0.29) is 12.5 Å². The Hall–Kier alpha value is -1.83. The summed E-state index contributed by atoms with van der Waals surface area (Å²) in [5.41, 5.74) is 2.28. The molecule has 1 aromatic carbocycles. The van der Waals surface area contributed by atoms with Crippen molar-refractivity contribution in [3.63, 3.8) is 0 Å². The van der Waals surface area contributed by atoms with Gasteiger partial charge >= 0.3 is 0 Å². The van der Waals surface area contributed by atoms with Gasteiger partial charge in [0.2, 0.25) is 0 Å². The van der Waals surface area contributed by atoms with Crippen molar-refractivity contribution in [1.29, 1.82) is 0 Å². The summed E-state index contributed by atoms with van der Waals surface area (Å²) in [6.45, 7) is 2.93. The maximum Gasteiger partial charge on any atom is 0.251 e. The van der Waals surface area contributed by atoms with Gasteiger partial charge in [0.15, 0.2) is 0 Å². The summed E-state index contributed by atoms with van der Waals surface area (Å²) in [5, 5.41) is 11.5. The first-order chi connectivity index (χ1) is 9.17. The fourth-order valence-corrected chi connectivity index (χ4v) is 1.65. The molecule has 0 heterocycles. The Morgan fingerprint density at radius 1 is 1.42 bits per heavy atom. The van der Waals surface area contributed by atoms with Gasteiger partial charge < -0.3 is 15.2 Å². The minimum atomic E-state index is -0.188. The Balaban J connectivity index is 2.71. The number of aryl methyl sites for hydroxylation is 1. The Labute approximate surface area is 113 Å². The minimum Gasteiger partial charge on any atom is -0.385 e. The molecule has 1 amide bonds. The average molecular weight is 261 g/mol. The molecule has 4 heteroatoms. The van der Waals surface area contributed by atoms with Crippen molar-refractivity contribution in [2.75, 3.05) is 26.9 Å². The van der Waals surface area contributed by atoms with Gasteiger partial charge in [0.1, 0.15) is 6.61 Å². The van der Waals surface area contributed by atoms with Crippen molar-refractivity contribution in [1.82, 2.24) is 5.32 Å². The van der Waals surface area contributed by atoms with Crippen LogP contribution in [0.1, 0.15) is 27.9 Å². The molecule has 0 aromatic heterocycles. The molecule has 0 fully saturated rings. The number of aliphatic hydroxyl groups excluding tert-OH is 1. The summed E-state index contributed by atoms with van der Waals surface area (Å²) in [6.07, 6.45) is 0.783. The molecule has 0 unspecified atom stereocenters. The first kappa shape index (κ1) is 15.2. The minimum absolute atomic E-state index is 0.119. The molecule has 0 radical (unpaired) electrons. The van der Waals surface area contributed by atoms with Gasteiger partial charge in [-0.2, -0.15) is 0 Å². The molecule has 2 N–H and O–H groups in total. The normalized spacial score (nSPS) is 9.63. The molecule has 0 aliphatic carbocycles. The molecule has 1 aromatic rings. The van der Waals surface area contributed by atoms with E-state index in [1.54, 1.807) is 13.2 Å². The predicted octanol–water partition coefficient (Wildman–Crippen LogP) is 1.11. The van der Waals surface area contributed by atoms with Gasteiger partial charge in [-0.25, -0.2) is 0 Å². The first-order valence-corrected chi connectivity index (χ1v) is 6.16. The summed E-state index contributed by atoms with van der Waals surface area (Å²) in [4.78, 5) is 11.9. The van der Waals surface area contributed by atoms with E-state index < -0.39 is 0 Å². The zero-order chi connectivity index (χ0) is 14.1. The van der Waals surface area contributed by atoms with E-state index in [1.807, 2.05) is 19.1 Å². The summed E-state index contributed by atoms with van der Waals surface area (Å²) < 4.78 is 4.92. The van der Waals surface area contributed by atoms with Crippen LogP contribution in [0.2, 0.25) is 0 Å². The Kier molecular flexibility index (Phi) is 6.65. The molecule has 0 saturated carbocycles. The number of hydrogen-bond acceptors (Lipinski definition) is 3. The van der Waals surface area contributed by atoms with Gasteiger partial charge in [-0.1, -0.05) is 11.8 Å². The van der Waals surface area contributed by atoms with E-state index in [4.69, 9.17) is 9.84 Å². The van der Waals surface area contributed by atoms with Crippen LogP contribution in [0.25, 0.3) is 0 Å². The number of amides is 1. The molecule has 0 aliphatic rings. The second-order valence-corrected chi connectivity index (χ2v) is 4.15. The third-order valence-corrected chi connectivity index (χ3v) is 2.46. The molecule has 19 heavy (non-hydrogen) atoms. The van der Waals surface area contributed by atoms with Crippen LogP contribution in [0.5, 0.6) is 0 Å². The number of methoxy groups -OCH3 is 1. The first-order valence-electron chi connectivity index (χ1n) is 6.16. The maximum atomic E-state index is 11.9. The fourth-order valence-electron chi connectivity index (χ4n) is 1.65. The SMILES string of the molecule is COCCCNC(=O)c1cc(C)cc(C#CCO)c1. The van der Waals surface area contributed by atoms with Gasteiger partial charge in [0.25, 0.3) is 5.91 Å². The molecular weight excluding hydrogens is 242 g/mol. The third-order valence-electron chi connectivity index (χ3n) is 2.46. The standard InChI is InChI=1S/C15H19NO3/c1-12-9-13(5-3-7-17)11-14(10-12)15(18)16-6-4-8-19-2/h9-11,17H,4,6-8H2,1-2H3,(H,16,18). The van der Waals surface area contributed by atoms with Crippen molar-refractivity contribution in [2.24, 2.45) is 0 Å². The van der Waals surface area contributed by atoms with Crippen LogP contribution in [0, 0.1) is 18.8 Å². The number of benzene rings is 1. The second-order valence-electron chi connectivity index (χ2n) is 4.15. The van der Waals surface area contributed by atoms with Gasteiger partial charge in [0.05, 0.1) is 0 Å². The lowest BCUT2D eigenvalue weighted by Gasteiger charge is -2.06. The number of carbonyl (C=O) groups excluding carboxylic acids is 1. The lowest BCUT2D eigenvalue weighted by Crippen LogP contribution is -2.25. The number of carbonyl (C=O) groups is 1. The van der Waals surface area contributed by atoms with Crippen molar-refractivity contribution in [3.05, 3.63) is 34.9 Å². The van der Waals surface area contributed by atoms with Crippen molar-refractivity contribution in [3.8, 4) is 11.8 Å². The second kappa shape index (κ2) is 8.30. The van der Waals surface area contributed by atoms with Crippen LogP contribution in [0.4, 0.5) is 0 Å². The topological polar surface area (TPSA) is 58.6 Å². The Morgan fingerprint density at radius 2 is 2.21 bits per heavy atom. The van der Waals surface area contributed by atoms with E-state index in [0.29, 0.717) is 18.7 Å². The highest BCUT2D eigenvalue weighted by Gasteiger charge is 2.06. The molecule has 4 nitrogen and oxygen atoms in total. The number of hydrogen-bond donors (Lipinski definition) is 2. The molecule has 0 bridgehead atoms. The molecule has 0 saturated heterocycles. The van der Waals surface area contributed by atoms with Crippen molar-refractivity contribution in [2.45, 2.75) is 13.3 Å². The summed E-state index contributed by atoms with van der Waals surface area (Å²) in [7, 11) is 1.63. The number of rotatable bonds is 5. The summed E-state index contributed by atoms with van der Waals surface area (Å²) in [6, 6.07) is 5.42. The summed E-state index contributed by atoms with van der Waals surface area (Å²) >= 11 is 0. The van der Waals surface area contributed by atoms with E-state index in [2.05, 4.69) is 17.2 Å². The molecular formula is C15H19NO3. The maximum absolute atomic E-state index is 11.9. The number of nitrogens with one attached hydrogen (secondary N) is 1. The van der Waals surface area contributed by atoms with Crippen LogP contribution in [-0.4, -0.2) is 37.9 Å². The van der Waals surface area contributed by atoms with Crippen molar-refractivity contribution < 1.29 is 14.6 Å². The van der Waals surface area contributed by atoms with E-state index in [1.165, 1.54) is 0 Å². The molecule has 0 atom stereocenters. The fraction of sp³-hybridized carbons (Fsp3) is 0.400. The highest BCUT2D eigenvalue weighted by Crippen LogP contribution is 2.09. The predicted molar refractivity (Wildman–Crippen MR) is 74.0 cm³/mol. The van der Waals surface area contributed by atoms with Crippen LogP contribution < -0.4 is 5.32 Å². The molecule has 0 spiro atoms. The lowest BCUT2D eigenvalue weighted by molar-refractivity contribution is 0.0948. The largest absolute Gasteiger partial charge is 0.385 e. The van der Waals surface area contributed by atoms with Gasteiger partial charge in [-0.05, 0) is 37.1 Å². The number of aliphatic hydroxyl groups is 1. The van der Waals surface area contributed by atoms with Crippen molar-refractivity contribution >= 4 is 5.91 Å². The molecule has 0 aliphatic heterocycles. The smallest absolute Gasteiger partial charge is 0.251 e. The van der Waals surface area contributed by atoms with E-state index in [9.17, 15) is 4.79 Å². The average Bonchev–Trinajstić information content (AvgIpc) is 2.40. The van der Waals surface area contributed by atoms with Gasteiger partial charge in [-0.15, -0.1) is 0 Å². The van der Waals surface area contributed by atoms with Gasteiger partial charge in [-0.3, -0.25) is 4.79 Å². The van der Waals surface area contributed by atoms with Crippen LogP contribution >= 0.6 is 0 Å². The monoisotopic (exact) mass is 261 g/mol. The van der Waals surface area contributed by atoms with E-state index >= 15 is 0 Å². The number of ether oxygens (including phenoxy) is 1. The Morgan fingerprint density at radius 3 is 2.89 bits per heavy atom. The molecule has 102 valence electrons. The zero-order valence-corrected chi connectivity index (χ0v) is 11.3. The van der Waals surface area contributed by atoms with E-state index in [0.717, 1.165) is 17.5 Å². The van der Waals surface area contributed by atoms with Crippen LogP contribution in [0.15, 0.2) is 18.2 Å².